The molecule has 0 saturated heterocycles. The third kappa shape index (κ3) is 3.13. The van der Waals surface area contributed by atoms with Gasteiger partial charge in [0.15, 0.2) is 5.82 Å². The molecular weight excluding hydrogens is 332 g/mol. The van der Waals surface area contributed by atoms with Crippen molar-refractivity contribution in [1.82, 2.24) is 9.72 Å². The summed E-state index contributed by atoms with van der Waals surface area (Å²) in [6, 6.07) is 17.7. The van der Waals surface area contributed by atoms with E-state index in [0.717, 1.165) is 16.5 Å². The lowest BCUT2D eigenvalue weighted by Gasteiger charge is -2.05. The predicted octanol–water partition coefficient (Wildman–Crippen LogP) is 3.51. The summed E-state index contributed by atoms with van der Waals surface area (Å²) in [5, 5.41) is 3.89. The standard InChI is InChI=1S/C16H13BrN2O2/c17-14-8-4-7-13(11-14)15-18-21-16(20)19(15)10-9-12-5-2-1-3-6-12/h1-8,11H,9-10H2. The number of aromatic nitrogens is 2. The zero-order valence-electron chi connectivity index (χ0n) is 11.2. The zero-order valence-corrected chi connectivity index (χ0v) is 12.8. The van der Waals surface area contributed by atoms with E-state index in [0.29, 0.717) is 12.4 Å². The SMILES string of the molecule is O=c1onc(-c2cccc(Br)c2)n1CCc1ccccc1. The van der Waals surface area contributed by atoms with E-state index < -0.39 is 5.76 Å². The van der Waals surface area contributed by atoms with Gasteiger partial charge in [0.25, 0.3) is 0 Å². The molecule has 0 aliphatic rings. The van der Waals surface area contributed by atoms with Crippen LogP contribution in [0.2, 0.25) is 0 Å². The molecule has 3 rings (SSSR count). The van der Waals surface area contributed by atoms with E-state index in [1.54, 1.807) is 4.57 Å². The number of nitrogens with zero attached hydrogens (tertiary/aromatic N) is 2. The van der Waals surface area contributed by atoms with Crippen molar-refractivity contribution >= 4 is 15.9 Å². The second-order valence-corrected chi connectivity index (χ2v) is 5.59. The molecule has 4 nitrogen and oxygen atoms in total. The molecule has 0 fully saturated rings. The number of hydrogen-bond acceptors (Lipinski definition) is 3. The summed E-state index contributed by atoms with van der Waals surface area (Å²) in [5.41, 5.74) is 2.02. The Morgan fingerprint density at radius 2 is 1.90 bits per heavy atom. The first-order chi connectivity index (χ1) is 10.2. The molecule has 1 heterocycles. The molecule has 0 bridgehead atoms. The van der Waals surface area contributed by atoms with E-state index in [9.17, 15) is 4.79 Å². The Morgan fingerprint density at radius 3 is 2.67 bits per heavy atom. The molecular formula is C16H13BrN2O2. The van der Waals surface area contributed by atoms with Gasteiger partial charge in [-0.15, -0.1) is 0 Å². The van der Waals surface area contributed by atoms with Crippen LogP contribution >= 0.6 is 15.9 Å². The molecule has 2 aromatic carbocycles. The third-order valence-electron chi connectivity index (χ3n) is 3.24. The van der Waals surface area contributed by atoms with Crippen LogP contribution in [0.15, 0.2) is 68.4 Å². The molecule has 0 N–H and O–H groups in total. The van der Waals surface area contributed by atoms with Crippen LogP contribution in [0.1, 0.15) is 5.56 Å². The Hall–Kier alpha value is -2.14. The normalized spacial score (nSPS) is 10.7. The lowest BCUT2D eigenvalue weighted by molar-refractivity contribution is 0.376. The van der Waals surface area contributed by atoms with Crippen molar-refractivity contribution in [2.24, 2.45) is 0 Å². The highest BCUT2D eigenvalue weighted by Crippen LogP contribution is 2.20. The maximum atomic E-state index is 11.8. The van der Waals surface area contributed by atoms with Gasteiger partial charge in [-0.05, 0) is 24.1 Å². The average molecular weight is 345 g/mol. The third-order valence-corrected chi connectivity index (χ3v) is 3.73. The topological polar surface area (TPSA) is 48.0 Å². The van der Waals surface area contributed by atoms with Gasteiger partial charge in [0.2, 0.25) is 0 Å². The fourth-order valence-corrected chi connectivity index (χ4v) is 2.59. The predicted molar refractivity (Wildman–Crippen MR) is 84.0 cm³/mol. The first-order valence-corrected chi connectivity index (χ1v) is 7.40. The number of hydrogen-bond donors (Lipinski definition) is 0. The van der Waals surface area contributed by atoms with Crippen molar-refractivity contribution < 1.29 is 4.52 Å². The second-order valence-electron chi connectivity index (χ2n) is 4.67. The molecule has 3 aromatic rings. The quantitative estimate of drug-likeness (QED) is 0.727. The summed E-state index contributed by atoms with van der Waals surface area (Å²) < 4.78 is 7.32. The Kier molecular flexibility index (Phi) is 4.01. The van der Waals surface area contributed by atoms with Crippen LogP contribution in [0.4, 0.5) is 0 Å². The zero-order chi connectivity index (χ0) is 14.7. The van der Waals surface area contributed by atoms with Gasteiger partial charge in [0.1, 0.15) is 0 Å². The lowest BCUT2D eigenvalue weighted by Crippen LogP contribution is -2.17. The maximum absolute atomic E-state index is 11.8. The summed E-state index contributed by atoms with van der Waals surface area (Å²) in [7, 11) is 0. The van der Waals surface area contributed by atoms with E-state index in [2.05, 4.69) is 21.1 Å². The fraction of sp³-hybridized carbons (Fsp3) is 0.125. The molecule has 5 heteroatoms. The van der Waals surface area contributed by atoms with E-state index >= 15 is 0 Å². The van der Waals surface area contributed by atoms with E-state index in [1.165, 1.54) is 5.56 Å². The first-order valence-electron chi connectivity index (χ1n) is 6.60. The lowest BCUT2D eigenvalue weighted by atomic mass is 10.1. The molecule has 0 aliphatic heterocycles. The van der Waals surface area contributed by atoms with E-state index in [4.69, 9.17) is 4.52 Å². The summed E-state index contributed by atoms with van der Waals surface area (Å²) in [4.78, 5) is 11.8. The fourth-order valence-electron chi connectivity index (χ4n) is 2.19. The van der Waals surface area contributed by atoms with Gasteiger partial charge in [-0.3, -0.25) is 9.09 Å². The summed E-state index contributed by atoms with van der Waals surface area (Å²) >= 11 is 3.42. The highest BCUT2D eigenvalue weighted by Gasteiger charge is 2.12. The van der Waals surface area contributed by atoms with Crippen molar-refractivity contribution in [2.45, 2.75) is 13.0 Å². The molecule has 21 heavy (non-hydrogen) atoms. The molecule has 0 spiro atoms. The van der Waals surface area contributed by atoms with Gasteiger partial charge in [0, 0.05) is 16.6 Å². The molecule has 1 aromatic heterocycles. The van der Waals surface area contributed by atoms with Gasteiger partial charge < -0.3 is 0 Å². The minimum atomic E-state index is -0.430. The molecule has 0 radical (unpaired) electrons. The summed E-state index contributed by atoms with van der Waals surface area (Å²) in [5.74, 6) is 0.123. The van der Waals surface area contributed by atoms with E-state index in [1.807, 2.05) is 54.6 Å². The van der Waals surface area contributed by atoms with E-state index in [-0.39, 0.29) is 0 Å². The van der Waals surface area contributed by atoms with Crippen LogP contribution < -0.4 is 5.76 Å². The molecule has 0 saturated carbocycles. The Balaban J connectivity index is 1.89. The Bertz CT molecular complexity index is 793. The number of halogens is 1. The van der Waals surface area contributed by atoms with Gasteiger partial charge in [-0.1, -0.05) is 63.6 Å². The molecule has 0 atom stereocenters. The molecule has 0 amide bonds. The van der Waals surface area contributed by atoms with Crippen molar-refractivity contribution in [1.29, 1.82) is 0 Å². The summed E-state index contributed by atoms with van der Waals surface area (Å²) in [6.45, 7) is 0.536. The van der Waals surface area contributed by atoms with Gasteiger partial charge >= 0.3 is 5.76 Å². The first kappa shape index (κ1) is 13.8. The average Bonchev–Trinajstić information content (AvgIpc) is 2.87. The number of rotatable bonds is 4. The highest BCUT2D eigenvalue weighted by molar-refractivity contribution is 9.10. The Morgan fingerprint density at radius 1 is 1.10 bits per heavy atom. The Labute approximate surface area is 130 Å². The van der Waals surface area contributed by atoms with Gasteiger partial charge in [-0.2, -0.15) is 0 Å². The van der Waals surface area contributed by atoms with Crippen molar-refractivity contribution in [3.63, 3.8) is 0 Å². The van der Waals surface area contributed by atoms with Gasteiger partial charge in [-0.25, -0.2) is 4.79 Å². The molecule has 0 aliphatic carbocycles. The smallest absolute Gasteiger partial charge is 0.295 e. The number of benzene rings is 2. The van der Waals surface area contributed by atoms with Crippen LogP contribution in [0.3, 0.4) is 0 Å². The van der Waals surface area contributed by atoms with Crippen LogP contribution in [0, 0.1) is 0 Å². The van der Waals surface area contributed by atoms with Crippen molar-refractivity contribution in [3.8, 4) is 11.4 Å². The monoisotopic (exact) mass is 344 g/mol. The second kappa shape index (κ2) is 6.10. The van der Waals surface area contributed by atoms with Crippen LogP contribution in [-0.4, -0.2) is 9.72 Å². The van der Waals surface area contributed by atoms with Crippen molar-refractivity contribution in [3.05, 3.63) is 75.2 Å². The van der Waals surface area contributed by atoms with Crippen LogP contribution in [0.25, 0.3) is 11.4 Å². The van der Waals surface area contributed by atoms with Crippen LogP contribution in [0.5, 0.6) is 0 Å². The van der Waals surface area contributed by atoms with Gasteiger partial charge in [0.05, 0.1) is 0 Å². The van der Waals surface area contributed by atoms with Crippen molar-refractivity contribution in [2.75, 3.05) is 0 Å². The summed E-state index contributed by atoms with van der Waals surface area (Å²) in [6.07, 6.45) is 0.753. The minimum Gasteiger partial charge on any atom is -0.295 e. The largest absolute Gasteiger partial charge is 0.441 e. The highest BCUT2D eigenvalue weighted by atomic mass is 79.9. The van der Waals surface area contributed by atoms with Crippen LogP contribution in [-0.2, 0) is 13.0 Å². The number of aryl methyl sites for hydroxylation is 1. The maximum Gasteiger partial charge on any atom is 0.441 e. The molecule has 0 unspecified atom stereocenters. The molecule has 106 valence electrons. The minimum absolute atomic E-state index is 0.430.